The molecule has 9 nitrogen and oxygen atoms in total. The molecule has 2 aromatic heterocycles. The van der Waals surface area contributed by atoms with Crippen molar-refractivity contribution in [2.75, 3.05) is 36.1 Å². The van der Waals surface area contributed by atoms with E-state index in [1.54, 1.807) is 23.2 Å². The van der Waals surface area contributed by atoms with Crippen LogP contribution in [0.15, 0.2) is 60.8 Å². The molecule has 1 aliphatic rings. The topological polar surface area (TPSA) is 102 Å². The minimum atomic E-state index is -0.435. The number of nitro benzene ring substituents is 1. The fraction of sp³-hybridized carbons (Fsp3) is 0.269. The van der Waals surface area contributed by atoms with Crippen molar-refractivity contribution in [1.29, 1.82) is 0 Å². The third-order valence-corrected chi connectivity index (χ3v) is 7.21. The van der Waals surface area contributed by atoms with E-state index in [9.17, 15) is 14.9 Å². The van der Waals surface area contributed by atoms with Crippen molar-refractivity contribution >= 4 is 44.0 Å². The molecule has 1 amide bonds. The number of nitro groups is 1. The second kappa shape index (κ2) is 10.4. The van der Waals surface area contributed by atoms with Gasteiger partial charge < -0.3 is 9.64 Å². The van der Waals surface area contributed by atoms with Crippen molar-refractivity contribution in [3.05, 3.63) is 87.7 Å². The standard InChI is InChI=1S/C26H25N5O4S/c1-2-18-6-5-8-23-24(18)28-26(36-23)30(17-20-7-3-4-11-27-20)25(32)19-9-10-21(22(16-19)31(33)34)29-12-14-35-15-13-29/h3-11,16H,2,12-15,17H2,1H3. The largest absolute Gasteiger partial charge is 0.378 e. The number of rotatable bonds is 7. The molecule has 184 valence electrons. The maximum Gasteiger partial charge on any atom is 0.293 e. The number of carbonyl (C=O) groups excluding carboxylic acids is 1. The maximum absolute atomic E-state index is 13.9. The van der Waals surface area contributed by atoms with E-state index in [-0.39, 0.29) is 23.7 Å². The van der Waals surface area contributed by atoms with Crippen molar-refractivity contribution in [2.45, 2.75) is 19.9 Å². The molecular formula is C26H25N5O4S. The summed E-state index contributed by atoms with van der Waals surface area (Å²) in [5, 5.41) is 12.5. The number of fused-ring (bicyclic) bond motifs is 1. The molecule has 0 unspecified atom stereocenters. The number of carbonyl (C=O) groups is 1. The van der Waals surface area contributed by atoms with E-state index in [2.05, 4.69) is 11.9 Å². The summed E-state index contributed by atoms with van der Waals surface area (Å²) >= 11 is 1.42. The highest BCUT2D eigenvalue weighted by Crippen LogP contribution is 2.34. The summed E-state index contributed by atoms with van der Waals surface area (Å²) in [6.45, 7) is 4.40. The number of anilines is 2. The molecule has 4 aromatic rings. The monoisotopic (exact) mass is 503 g/mol. The molecule has 10 heteroatoms. The van der Waals surface area contributed by atoms with Crippen molar-refractivity contribution in [1.82, 2.24) is 9.97 Å². The first-order chi connectivity index (χ1) is 17.5. The van der Waals surface area contributed by atoms with Crippen LogP contribution in [0.2, 0.25) is 0 Å². The second-order valence-electron chi connectivity index (χ2n) is 8.39. The molecule has 0 spiro atoms. The molecule has 1 saturated heterocycles. The molecular weight excluding hydrogens is 478 g/mol. The average Bonchev–Trinajstić information content (AvgIpc) is 3.36. The van der Waals surface area contributed by atoms with Crippen molar-refractivity contribution < 1.29 is 14.5 Å². The number of hydrogen-bond donors (Lipinski definition) is 0. The predicted molar refractivity (Wildman–Crippen MR) is 140 cm³/mol. The highest BCUT2D eigenvalue weighted by molar-refractivity contribution is 7.22. The Morgan fingerprint density at radius 2 is 2.00 bits per heavy atom. The van der Waals surface area contributed by atoms with Crippen molar-refractivity contribution in [3.63, 3.8) is 0 Å². The lowest BCUT2D eigenvalue weighted by Gasteiger charge is -2.28. The van der Waals surface area contributed by atoms with E-state index in [1.807, 2.05) is 41.3 Å². The van der Waals surface area contributed by atoms with Crippen LogP contribution in [0.5, 0.6) is 0 Å². The molecule has 0 atom stereocenters. The quantitative estimate of drug-likeness (QED) is 0.263. The molecule has 0 saturated carbocycles. The number of aromatic nitrogens is 2. The first kappa shape index (κ1) is 23.8. The van der Waals surface area contributed by atoms with Gasteiger partial charge in [-0.2, -0.15) is 0 Å². The van der Waals surface area contributed by atoms with E-state index in [0.29, 0.717) is 42.8 Å². The number of amides is 1. The molecule has 0 N–H and O–H groups in total. The molecule has 1 fully saturated rings. The first-order valence-electron chi connectivity index (χ1n) is 11.8. The number of hydrogen-bond acceptors (Lipinski definition) is 8. The van der Waals surface area contributed by atoms with Gasteiger partial charge in [-0.25, -0.2) is 4.98 Å². The third-order valence-electron chi connectivity index (χ3n) is 6.17. The van der Waals surface area contributed by atoms with E-state index in [0.717, 1.165) is 22.2 Å². The molecule has 3 heterocycles. The summed E-state index contributed by atoms with van der Waals surface area (Å²) in [7, 11) is 0. The van der Waals surface area contributed by atoms with Gasteiger partial charge in [0.25, 0.3) is 11.6 Å². The Hall–Kier alpha value is -3.89. The van der Waals surface area contributed by atoms with Crippen molar-refractivity contribution in [2.24, 2.45) is 0 Å². The van der Waals surface area contributed by atoms with Gasteiger partial charge in [0.2, 0.25) is 0 Å². The average molecular weight is 504 g/mol. The minimum Gasteiger partial charge on any atom is -0.378 e. The molecule has 2 aromatic carbocycles. The highest BCUT2D eigenvalue weighted by atomic mass is 32.1. The number of thiazole rings is 1. The van der Waals surface area contributed by atoms with Crippen LogP contribution in [0.4, 0.5) is 16.5 Å². The SMILES string of the molecule is CCc1cccc2sc(N(Cc3ccccn3)C(=O)c3ccc(N4CCOCC4)c([N+](=O)[O-])c3)nc12. The molecule has 1 aliphatic heterocycles. The van der Waals surface area contributed by atoms with Gasteiger partial charge in [0.1, 0.15) is 5.69 Å². The fourth-order valence-corrected chi connectivity index (χ4v) is 5.32. The molecule has 36 heavy (non-hydrogen) atoms. The Morgan fingerprint density at radius 3 is 2.72 bits per heavy atom. The van der Waals surface area contributed by atoms with Crippen LogP contribution in [-0.2, 0) is 17.7 Å². The van der Waals surface area contributed by atoms with Gasteiger partial charge in [-0.3, -0.25) is 24.8 Å². The van der Waals surface area contributed by atoms with Crippen LogP contribution in [0.25, 0.3) is 10.2 Å². The van der Waals surface area contributed by atoms with E-state index >= 15 is 0 Å². The third kappa shape index (κ3) is 4.77. The fourth-order valence-electron chi connectivity index (χ4n) is 4.30. The number of ether oxygens (including phenoxy) is 1. The normalized spacial score (nSPS) is 13.6. The lowest BCUT2D eigenvalue weighted by atomic mass is 10.1. The Kier molecular flexibility index (Phi) is 6.88. The zero-order chi connectivity index (χ0) is 25.1. The Labute approximate surface area is 212 Å². The number of morpholine rings is 1. The summed E-state index contributed by atoms with van der Waals surface area (Å²) in [4.78, 5) is 38.1. The number of benzene rings is 2. The van der Waals surface area contributed by atoms with Gasteiger partial charge in [0.15, 0.2) is 5.13 Å². The molecule has 5 rings (SSSR count). The number of pyridine rings is 1. The molecule has 0 aliphatic carbocycles. The van der Waals surface area contributed by atoms with Gasteiger partial charge in [0.05, 0.1) is 40.6 Å². The van der Waals surface area contributed by atoms with Crippen LogP contribution in [0.3, 0.4) is 0 Å². The minimum absolute atomic E-state index is 0.0990. The number of nitrogens with zero attached hydrogens (tertiary/aromatic N) is 5. The molecule has 0 radical (unpaired) electrons. The van der Waals surface area contributed by atoms with E-state index in [1.165, 1.54) is 17.4 Å². The van der Waals surface area contributed by atoms with Gasteiger partial charge in [0, 0.05) is 30.9 Å². The summed E-state index contributed by atoms with van der Waals surface area (Å²) < 4.78 is 6.36. The number of para-hydroxylation sites is 1. The smallest absolute Gasteiger partial charge is 0.293 e. The maximum atomic E-state index is 13.9. The van der Waals surface area contributed by atoms with E-state index in [4.69, 9.17) is 9.72 Å². The molecule has 0 bridgehead atoms. The zero-order valence-corrected chi connectivity index (χ0v) is 20.6. The lowest BCUT2D eigenvalue weighted by Crippen LogP contribution is -2.36. The van der Waals surface area contributed by atoms with Crippen LogP contribution in [-0.4, -0.2) is 47.1 Å². The van der Waals surface area contributed by atoms with Gasteiger partial charge in [-0.05, 0) is 42.3 Å². The zero-order valence-electron chi connectivity index (χ0n) is 19.8. The number of aryl methyl sites for hydroxylation is 1. The highest BCUT2D eigenvalue weighted by Gasteiger charge is 2.27. The van der Waals surface area contributed by atoms with Gasteiger partial charge in [-0.1, -0.05) is 36.5 Å². The lowest BCUT2D eigenvalue weighted by molar-refractivity contribution is -0.384. The summed E-state index contributed by atoms with van der Waals surface area (Å²) in [6, 6.07) is 16.2. The van der Waals surface area contributed by atoms with Gasteiger partial charge >= 0.3 is 0 Å². The van der Waals surface area contributed by atoms with Crippen LogP contribution >= 0.6 is 11.3 Å². The first-order valence-corrected chi connectivity index (χ1v) is 12.6. The van der Waals surface area contributed by atoms with E-state index < -0.39 is 4.92 Å². The summed E-state index contributed by atoms with van der Waals surface area (Å²) in [5.41, 5.74) is 3.28. The van der Waals surface area contributed by atoms with Crippen LogP contribution in [0.1, 0.15) is 28.5 Å². The summed E-state index contributed by atoms with van der Waals surface area (Å²) in [6.07, 6.45) is 2.50. The second-order valence-corrected chi connectivity index (χ2v) is 9.40. The Morgan fingerprint density at radius 1 is 1.17 bits per heavy atom. The Bertz CT molecular complexity index is 1400. The van der Waals surface area contributed by atoms with Gasteiger partial charge in [-0.15, -0.1) is 0 Å². The Balaban J connectivity index is 1.56. The predicted octanol–water partition coefficient (Wildman–Crippen LogP) is 4.85. The van der Waals surface area contributed by atoms with Crippen LogP contribution < -0.4 is 9.80 Å². The van der Waals surface area contributed by atoms with Crippen molar-refractivity contribution in [3.8, 4) is 0 Å². The summed E-state index contributed by atoms with van der Waals surface area (Å²) in [5.74, 6) is -0.366. The van der Waals surface area contributed by atoms with Crippen LogP contribution in [0, 0.1) is 10.1 Å².